The molecular weight excluding hydrogens is 321 g/mol. The first-order valence-corrected chi connectivity index (χ1v) is 6.61. The van der Waals surface area contributed by atoms with Gasteiger partial charge >= 0.3 is 5.97 Å². The van der Waals surface area contributed by atoms with Crippen LogP contribution in [0, 0.1) is 0 Å². The van der Waals surface area contributed by atoms with Crippen molar-refractivity contribution >= 4 is 39.4 Å². The van der Waals surface area contributed by atoms with Gasteiger partial charge in [-0.05, 0) is 24.6 Å². The topological polar surface area (TPSA) is 66.4 Å². The second-order valence-electron chi connectivity index (χ2n) is 3.78. The van der Waals surface area contributed by atoms with Crippen molar-refractivity contribution in [3.8, 4) is 0 Å². The molecule has 0 fully saturated rings. The summed E-state index contributed by atoms with van der Waals surface area (Å²) in [7, 11) is 0. The van der Waals surface area contributed by atoms with Gasteiger partial charge in [-0.15, -0.1) is 0 Å². The summed E-state index contributed by atoms with van der Waals surface area (Å²) in [5.41, 5.74) is 0.266. The lowest BCUT2D eigenvalue weighted by Crippen LogP contribution is -2.40. The highest BCUT2D eigenvalue weighted by atomic mass is 79.9. The van der Waals surface area contributed by atoms with Crippen molar-refractivity contribution in [3.05, 3.63) is 33.3 Å². The zero-order valence-corrected chi connectivity index (χ0v) is 12.1. The van der Waals surface area contributed by atoms with Gasteiger partial charge in [-0.3, -0.25) is 4.79 Å². The Hall–Kier alpha value is -1.07. The van der Waals surface area contributed by atoms with E-state index in [-0.39, 0.29) is 10.6 Å². The molecule has 0 radical (unpaired) electrons. The zero-order chi connectivity index (χ0) is 13.7. The Morgan fingerprint density at radius 2 is 2.17 bits per heavy atom. The molecule has 0 heterocycles. The van der Waals surface area contributed by atoms with Crippen LogP contribution in [0.25, 0.3) is 0 Å². The predicted molar refractivity (Wildman–Crippen MR) is 73.0 cm³/mol. The van der Waals surface area contributed by atoms with E-state index < -0.39 is 17.9 Å². The lowest BCUT2D eigenvalue weighted by molar-refractivity contribution is -0.139. The summed E-state index contributed by atoms with van der Waals surface area (Å²) in [6.07, 6.45) is 1.06. The summed E-state index contributed by atoms with van der Waals surface area (Å²) in [6.45, 7) is 1.86. The van der Waals surface area contributed by atoms with E-state index in [1.807, 2.05) is 6.92 Å². The van der Waals surface area contributed by atoms with E-state index in [2.05, 4.69) is 21.2 Å². The lowest BCUT2D eigenvalue weighted by Gasteiger charge is -2.14. The van der Waals surface area contributed by atoms with Crippen LogP contribution in [0.15, 0.2) is 22.7 Å². The molecule has 1 aromatic carbocycles. The molecule has 1 rings (SSSR count). The number of hydrogen-bond donors (Lipinski definition) is 2. The molecular formula is C12H13BrClNO3. The second-order valence-corrected chi connectivity index (χ2v) is 5.10. The van der Waals surface area contributed by atoms with Crippen LogP contribution in [0.5, 0.6) is 0 Å². The van der Waals surface area contributed by atoms with Crippen molar-refractivity contribution in [2.75, 3.05) is 0 Å². The van der Waals surface area contributed by atoms with Crippen molar-refractivity contribution < 1.29 is 14.7 Å². The Balaban J connectivity index is 2.83. The highest BCUT2D eigenvalue weighted by Crippen LogP contribution is 2.21. The van der Waals surface area contributed by atoms with E-state index in [1.165, 1.54) is 0 Å². The number of carbonyl (C=O) groups is 2. The number of halogens is 2. The third kappa shape index (κ3) is 3.99. The van der Waals surface area contributed by atoms with E-state index in [9.17, 15) is 9.59 Å². The SMILES string of the molecule is CCC[C@H](NC(=O)c1ccc(Br)cc1Cl)C(=O)O. The third-order valence-electron chi connectivity index (χ3n) is 2.36. The number of carbonyl (C=O) groups excluding carboxylic acids is 1. The number of carboxylic acids is 1. The fourth-order valence-electron chi connectivity index (χ4n) is 1.46. The van der Waals surface area contributed by atoms with Gasteiger partial charge in [-0.1, -0.05) is 40.9 Å². The van der Waals surface area contributed by atoms with Crippen molar-refractivity contribution in [2.45, 2.75) is 25.8 Å². The first-order valence-electron chi connectivity index (χ1n) is 5.44. The summed E-state index contributed by atoms with van der Waals surface area (Å²) in [4.78, 5) is 22.8. The largest absolute Gasteiger partial charge is 0.480 e. The summed E-state index contributed by atoms with van der Waals surface area (Å²) >= 11 is 9.16. The van der Waals surface area contributed by atoms with Gasteiger partial charge in [-0.2, -0.15) is 0 Å². The van der Waals surface area contributed by atoms with Crippen LogP contribution >= 0.6 is 27.5 Å². The maximum absolute atomic E-state index is 11.9. The molecule has 0 aliphatic heterocycles. The number of aliphatic carboxylic acids is 1. The first-order chi connectivity index (χ1) is 8.45. The molecule has 1 atom stereocenters. The monoisotopic (exact) mass is 333 g/mol. The number of benzene rings is 1. The van der Waals surface area contributed by atoms with E-state index in [0.29, 0.717) is 12.8 Å². The fraction of sp³-hybridized carbons (Fsp3) is 0.333. The molecule has 6 heteroatoms. The molecule has 0 aromatic heterocycles. The zero-order valence-electron chi connectivity index (χ0n) is 9.74. The Bertz CT molecular complexity index is 465. The molecule has 0 spiro atoms. The van der Waals surface area contributed by atoms with Gasteiger partial charge in [-0.25, -0.2) is 4.79 Å². The molecule has 18 heavy (non-hydrogen) atoms. The molecule has 98 valence electrons. The Morgan fingerprint density at radius 1 is 1.50 bits per heavy atom. The normalized spacial score (nSPS) is 11.9. The minimum Gasteiger partial charge on any atom is -0.480 e. The second kappa shape index (κ2) is 6.75. The lowest BCUT2D eigenvalue weighted by atomic mass is 10.1. The molecule has 2 N–H and O–H groups in total. The Kier molecular flexibility index (Phi) is 5.62. The van der Waals surface area contributed by atoms with Crippen molar-refractivity contribution in [1.29, 1.82) is 0 Å². The smallest absolute Gasteiger partial charge is 0.326 e. The highest BCUT2D eigenvalue weighted by molar-refractivity contribution is 9.10. The van der Waals surface area contributed by atoms with Crippen molar-refractivity contribution in [1.82, 2.24) is 5.32 Å². The van der Waals surface area contributed by atoms with Crippen LogP contribution in [0.1, 0.15) is 30.1 Å². The molecule has 4 nitrogen and oxygen atoms in total. The van der Waals surface area contributed by atoms with E-state index in [4.69, 9.17) is 16.7 Å². The number of carboxylic acid groups (broad SMARTS) is 1. The van der Waals surface area contributed by atoms with Crippen LogP contribution in [-0.4, -0.2) is 23.0 Å². The molecule has 0 unspecified atom stereocenters. The predicted octanol–water partition coefficient (Wildman–Crippen LogP) is 3.09. The van der Waals surface area contributed by atoms with Gasteiger partial charge in [0.25, 0.3) is 5.91 Å². The van der Waals surface area contributed by atoms with Crippen LogP contribution in [0.2, 0.25) is 5.02 Å². The van der Waals surface area contributed by atoms with Gasteiger partial charge < -0.3 is 10.4 Å². The summed E-state index contributed by atoms with van der Waals surface area (Å²) in [5.74, 6) is -1.52. The molecule has 0 saturated heterocycles. The maximum Gasteiger partial charge on any atom is 0.326 e. The quantitative estimate of drug-likeness (QED) is 0.869. The number of nitrogens with one attached hydrogen (secondary N) is 1. The molecule has 0 aliphatic carbocycles. The van der Waals surface area contributed by atoms with Crippen LogP contribution in [0.4, 0.5) is 0 Å². The Morgan fingerprint density at radius 3 is 2.67 bits per heavy atom. The molecule has 0 saturated carbocycles. The summed E-state index contributed by atoms with van der Waals surface area (Å²) in [6, 6.07) is 3.93. The Labute approximate surface area is 118 Å². The standard InChI is InChI=1S/C12H13BrClNO3/c1-2-3-10(12(17)18)15-11(16)8-5-4-7(13)6-9(8)14/h4-6,10H,2-3H2,1H3,(H,15,16)(H,17,18)/t10-/m0/s1. The minimum absolute atomic E-state index is 0.266. The average Bonchev–Trinajstić information content (AvgIpc) is 2.27. The number of hydrogen-bond acceptors (Lipinski definition) is 2. The molecule has 0 aliphatic rings. The van der Waals surface area contributed by atoms with Crippen LogP contribution in [0.3, 0.4) is 0 Å². The highest BCUT2D eigenvalue weighted by Gasteiger charge is 2.20. The van der Waals surface area contributed by atoms with Crippen molar-refractivity contribution in [2.24, 2.45) is 0 Å². The fourth-order valence-corrected chi connectivity index (χ4v) is 2.21. The van der Waals surface area contributed by atoms with Crippen molar-refractivity contribution in [3.63, 3.8) is 0 Å². The van der Waals surface area contributed by atoms with E-state index >= 15 is 0 Å². The molecule has 0 bridgehead atoms. The van der Waals surface area contributed by atoms with Gasteiger partial charge in [0, 0.05) is 4.47 Å². The van der Waals surface area contributed by atoms with E-state index in [0.717, 1.165) is 4.47 Å². The molecule has 1 amide bonds. The van der Waals surface area contributed by atoms with Gasteiger partial charge in [0.2, 0.25) is 0 Å². The summed E-state index contributed by atoms with van der Waals surface area (Å²) < 4.78 is 0.757. The van der Waals surface area contributed by atoms with Gasteiger partial charge in [0.05, 0.1) is 10.6 Å². The minimum atomic E-state index is -1.04. The number of rotatable bonds is 5. The third-order valence-corrected chi connectivity index (χ3v) is 3.16. The molecule has 1 aromatic rings. The summed E-state index contributed by atoms with van der Waals surface area (Å²) in [5, 5.41) is 11.7. The van der Waals surface area contributed by atoms with Gasteiger partial charge in [0.15, 0.2) is 0 Å². The van der Waals surface area contributed by atoms with Crippen LogP contribution < -0.4 is 5.32 Å². The van der Waals surface area contributed by atoms with Crippen LogP contribution in [-0.2, 0) is 4.79 Å². The van der Waals surface area contributed by atoms with Gasteiger partial charge in [0.1, 0.15) is 6.04 Å². The number of amides is 1. The van der Waals surface area contributed by atoms with E-state index in [1.54, 1.807) is 18.2 Å². The first kappa shape index (κ1) is 15.0. The average molecular weight is 335 g/mol. The maximum atomic E-state index is 11.9.